The van der Waals surface area contributed by atoms with Crippen molar-refractivity contribution >= 4 is 28.9 Å². The summed E-state index contributed by atoms with van der Waals surface area (Å²) in [6.07, 6.45) is 2.18. The van der Waals surface area contributed by atoms with Gasteiger partial charge in [0, 0.05) is 25.4 Å². The minimum Gasteiger partial charge on any atom is -0.465 e. The predicted octanol–water partition coefficient (Wildman–Crippen LogP) is 2.32. The summed E-state index contributed by atoms with van der Waals surface area (Å²) >= 11 is 6.31. The quantitative estimate of drug-likeness (QED) is 0.645. The molecule has 0 heterocycles. The second kappa shape index (κ2) is 6.33. The van der Waals surface area contributed by atoms with Crippen molar-refractivity contribution in [3.63, 3.8) is 0 Å². The third-order valence-corrected chi connectivity index (χ3v) is 3.59. The Kier molecular flexibility index (Phi) is 4.73. The van der Waals surface area contributed by atoms with Crippen LogP contribution in [0.15, 0.2) is 12.1 Å². The molecule has 0 saturated heterocycles. The van der Waals surface area contributed by atoms with E-state index in [1.807, 2.05) is 0 Å². The number of halogens is 1. The number of benzene rings is 1. The van der Waals surface area contributed by atoms with Crippen LogP contribution in [0, 0.1) is 0 Å². The Balaban J connectivity index is 2.43. The van der Waals surface area contributed by atoms with Crippen LogP contribution in [0.4, 0.5) is 11.4 Å². The minimum absolute atomic E-state index is 0.398. The number of nitrogens with two attached hydrogens (primary N) is 1. The number of hydrogen-bond acceptors (Lipinski definition) is 5. The average Bonchev–Trinajstić information content (AvgIpc) is 3.24. The molecule has 1 aromatic carbocycles. The first-order chi connectivity index (χ1) is 9.58. The van der Waals surface area contributed by atoms with Gasteiger partial charge >= 0.3 is 5.97 Å². The Hall–Kier alpha value is -1.46. The highest BCUT2D eigenvalue weighted by molar-refractivity contribution is 6.34. The van der Waals surface area contributed by atoms with Crippen molar-refractivity contribution in [2.45, 2.75) is 18.9 Å². The van der Waals surface area contributed by atoms with E-state index in [-0.39, 0.29) is 0 Å². The van der Waals surface area contributed by atoms with E-state index in [9.17, 15) is 4.79 Å². The molecule has 6 heteroatoms. The molecular weight excluding hydrogens is 280 g/mol. The predicted molar refractivity (Wildman–Crippen MR) is 79.4 cm³/mol. The zero-order valence-electron chi connectivity index (χ0n) is 11.7. The van der Waals surface area contributed by atoms with E-state index in [1.165, 1.54) is 7.11 Å². The van der Waals surface area contributed by atoms with Crippen molar-refractivity contribution in [1.29, 1.82) is 0 Å². The summed E-state index contributed by atoms with van der Waals surface area (Å²) in [7, 11) is 3.00. The number of nitrogen functional groups attached to an aromatic ring is 1. The highest BCUT2D eigenvalue weighted by Gasteiger charge is 2.33. The number of ether oxygens (including phenoxy) is 2. The van der Waals surface area contributed by atoms with E-state index in [0.717, 1.165) is 12.8 Å². The summed E-state index contributed by atoms with van der Waals surface area (Å²) in [5.74, 6) is -0.433. The number of carbonyl (C=O) groups excluding carboxylic acids is 1. The van der Waals surface area contributed by atoms with Crippen LogP contribution in [0.2, 0.25) is 5.02 Å². The van der Waals surface area contributed by atoms with Crippen molar-refractivity contribution < 1.29 is 14.3 Å². The van der Waals surface area contributed by atoms with Crippen LogP contribution in [-0.2, 0) is 9.47 Å². The monoisotopic (exact) mass is 298 g/mol. The van der Waals surface area contributed by atoms with Crippen molar-refractivity contribution in [1.82, 2.24) is 0 Å². The van der Waals surface area contributed by atoms with Gasteiger partial charge in [-0.2, -0.15) is 0 Å². The van der Waals surface area contributed by atoms with Crippen LogP contribution in [0.5, 0.6) is 0 Å². The van der Waals surface area contributed by atoms with E-state index in [1.54, 1.807) is 19.2 Å². The third-order valence-electron chi connectivity index (χ3n) is 3.30. The molecule has 1 saturated carbocycles. The number of rotatable bonds is 6. The third kappa shape index (κ3) is 3.16. The van der Waals surface area contributed by atoms with Gasteiger partial charge in [-0.05, 0) is 25.0 Å². The lowest BCUT2D eigenvalue weighted by molar-refractivity contribution is 0.0601. The highest BCUT2D eigenvalue weighted by atomic mass is 35.5. The second-order valence-corrected chi connectivity index (χ2v) is 5.22. The number of methoxy groups -OCH3 is 2. The molecule has 0 atom stereocenters. The maximum Gasteiger partial charge on any atom is 0.340 e. The van der Waals surface area contributed by atoms with Gasteiger partial charge in [-0.1, -0.05) is 11.6 Å². The second-order valence-electron chi connectivity index (χ2n) is 4.81. The van der Waals surface area contributed by atoms with Crippen LogP contribution in [-0.4, -0.2) is 39.4 Å². The molecule has 1 fully saturated rings. The normalized spacial score (nSPS) is 14.2. The van der Waals surface area contributed by atoms with E-state index in [0.29, 0.717) is 41.2 Å². The van der Waals surface area contributed by atoms with Crippen molar-refractivity contribution in [2.75, 3.05) is 38.0 Å². The Labute approximate surface area is 123 Å². The fourth-order valence-corrected chi connectivity index (χ4v) is 2.57. The lowest BCUT2D eigenvalue weighted by atomic mass is 10.1. The molecule has 0 unspecified atom stereocenters. The summed E-state index contributed by atoms with van der Waals surface area (Å²) in [5.41, 5.74) is 7.31. The Morgan fingerprint density at radius 2 is 2.15 bits per heavy atom. The SMILES string of the molecule is COCCN(c1c(Cl)cc(N)cc1C(=O)OC)C1CC1. The summed E-state index contributed by atoms with van der Waals surface area (Å²) < 4.78 is 9.97. The molecule has 2 rings (SSSR count). The fourth-order valence-electron chi connectivity index (χ4n) is 2.23. The first-order valence-electron chi connectivity index (χ1n) is 6.51. The maximum absolute atomic E-state index is 12.0. The van der Waals surface area contributed by atoms with Crippen LogP contribution in [0.3, 0.4) is 0 Å². The molecule has 0 radical (unpaired) electrons. The number of esters is 1. The Bertz CT molecular complexity index is 503. The molecule has 1 aliphatic carbocycles. The van der Waals surface area contributed by atoms with Gasteiger partial charge < -0.3 is 20.1 Å². The summed E-state index contributed by atoms with van der Waals surface area (Å²) in [4.78, 5) is 14.1. The molecule has 1 aliphatic rings. The molecule has 20 heavy (non-hydrogen) atoms. The van der Waals surface area contributed by atoms with Gasteiger partial charge in [-0.3, -0.25) is 0 Å². The average molecular weight is 299 g/mol. The van der Waals surface area contributed by atoms with Crippen molar-refractivity contribution in [2.24, 2.45) is 0 Å². The first-order valence-corrected chi connectivity index (χ1v) is 6.89. The van der Waals surface area contributed by atoms with Gasteiger partial charge in [-0.25, -0.2) is 4.79 Å². The van der Waals surface area contributed by atoms with Crippen LogP contribution in [0.1, 0.15) is 23.2 Å². The molecule has 0 amide bonds. The van der Waals surface area contributed by atoms with Crippen LogP contribution in [0.25, 0.3) is 0 Å². The molecular formula is C14H19ClN2O3. The molecule has 0 spiro atoms. The van der Waals surface area contributed by atoms with Gasteiger partial charge in [0.1, 0.15) is 0 Å². The first kappa shape index (κ1) is 14.9. The molecule has 0 aromatic heterocycles. The smallest absolute Gasteiger partial charge is 0.340 e. The van der Waals surface area contributed by atoms with Gasteiger partial charge in [0.05, 0.1) is 30.0 Å². The molecule has 0 bridgehead atoms. The summed E-state index contributed by atoms with van der Waals surface area (Å²) in [5, 5.41) is 0.466. The van der Waals surface area contributed by atoms with Crippen LogP contribution < -0.4 is 10.6 Å². The number of nitrogens with zero attached hydrogens (tertiary/aromatic N) is 1. The molecule has 110 valence electrons. The van der Waals surface area contributed by atoms with Crippen LogP contribution >= 0.6 is 11.6 Å². The highest BCUT2D eigenvalue weighted by Crippen LogP contribution is 2.39. The number of hydrogen-bond donors (Lipinski definition) is 1. The standard InChI is InChI=1S/C14H19ClN2O3/c1-19-6-5-17(10-3-4-10)13-11(14(18)20-2)7-9(16)8-12(13)15/h7-8,10H,3-6,16H2,1-2H3. The Morgan fingerprint density at radius 1 is 1.45 bits per heavy atom. The van der Waals surface area contributed by atoms with Crippen molar-refractivity contribution in [3.8, 4) is 0 Å². The lowest BCUT2D eigenvalue weighted by Crippen LogP contribution is -2.31. The zero-order chi connectivity index (χ0) is 14.7. The largest absolute Gasteiger partial charge is 0.465 e. The van der Waals surface area contributed by atoms with E-state index >= 15 is 0 Å². The topological polar surface area (TPSA) is 64.8 Å². The molecule has 0 aliphatic heterocycles. The van der Waals surface area contributed by atoms with Gasteiger partial charge in [0.15, 0.2) is 0 Å². The maximum atomic E-state index is 12.0. The number of carbonyl (C=O) groups is 1. The lowest BCUT2D eigenvalue weighted by Gasteiger charge is -2.27. The zero-order valence-corrected chi connectivity index (χ0v) is 12.4. The van der Waals surface area contributed by atoms with E-state index in [4.69, 9.17) is 26.8 Å². The van der Waals surface area contributed by atoms with Gasteiger partial charge in [0.2, 0.25) is 0 Å². The summed E-state index contributed by atoms with van der Waals surface area (Å²) in [6.45, 7) is 1.24. The fraction of sp³-hybridized carbons (Fsp3) is 0.500. The van der Waals surface area contributed by atoms with E-state index < -0.39 is 5.97 Å². The van der Waals surface area contributed by atoms with Crippen molar-refractivity contribution in [3.05, 3.63) is 22.7 Å². The summed E-state index contributed by atoms with van der Waals surface area (Å²) in [6, 6.07) is 3.66. The van der Waals surface area contributed by atoms with E-state index in [2.05, 4.69) is 4.90 Å². The number of anilines is 2. The van der Waals surface area contributed by atoms with Gasteiger partial charge in [0.25, 0.3) is 0 Å². The molecule has 1 aromatic rings. The molecule has 5 nitrogen and oxygen atoms in total. The minimum atomic E-state index is -0.433. The molecule has 2 N–H and O–H groups in total. The Morgan fingerprint density at radius 3 is 2.70 bits per heavy atom. The van der Waals surface area contributed by atoms with Gasteiger partial charge in [-0.15, -0.1) is 0 Å².